The van der Waals surface area contributed by atoms with Crippen molar-refractivity contribution in [3.05, 3.63) is 24.3 Å². The molecule has 0 saturated carbocycles. The first kappa shape index (κ1) is 18.4. The molecular weight excluding hydrogens is 308 g/mol. The number of carbonyl (C=O) groups is 1. The third kappa shape index (κ3) is 6.42. The third-order valence-electron chi connectivity index (χ3n) is 2.98. The zero-order valence-corrected chi connectivity index (χ0v) is 13.9. The SMILES string of the molecule is COCCN(CCC(=O)Nc1ccc(OC)cc1)S(C)(=O)=O. The Morgan fingerprint density at radius 3 is 2.32 bits per heavy atom. The number of sulfonamides is 1. The van der Waals surface area contributed by atoms with Crippen molar-refractivity contribution in [1.29, 1.82) is 0 Å². The Balaban J connectivity index is 2.52. The van der Waals surface area contributed by atoms with Crippen molar-refractivity contribution in [1.82, 2.24) is 4.31 Å². The molecule has 1 aromatic rings. The van der Waals surface area contributed by atoms with Crippen LogP contribution in [0.2, 0.25) is 0 Å². The number of hydrogen-bond donors (Lipinski definition) is 1. The second-order valence-electron chi connectivity index (χ2n) is 4.68. The molecule has 0 saturated heterocycles. The van der Waals surface area contributed by atoms with Crippen LogP contribution in [0.25, 0.3) is 0 Å². The van der Waals surface area contributed by atoms with E-state index in [1.54, 1.807) is 31.4 Å². The van der Waals surface area contributed by atoms with Gasteiger partial charge >= 0.3 is 0 Å². The monoisotopic (exact) mass is 330 g/mol. The molecule has 0 aliphatic rings. The van der Waals surface area contributed by atoms with Gasteiger partial charge in [0.2, 0.25) is 15.9 Å². The van der Waals surface area contributed by atoms with Gasteiger partial charge in [-0.1, -0.05) is 0 Å². The number of benzene rings is 1. The number of carbonyl (C=O) groups excluding carboxylic acids is 1. The Kier molecular flexibility index (Phi) is 7.30. The molecule has 124 valence electrons. The van der Waals surface area contributed by atoms with E-state index < -0.39 is 10.0 Å². The van der Waals surface area contributed by atoms with E-state index in [2.05, 4.69) is 5.32 Å². The molecule has 1 N–H and O–H groups in total. The molecule has 0 unspecified atom stereocenters. The second-order valence-corrected chi connectivity index (χ2v) is 6.66. The second kappa shape index (κ2) is 8.72. The molecule has 22 heavy (non-hydrogen) atoms. The van der Waals surface area contributed by atoms with Crippen LogP contribution in [0.3, 0.4) is 0 Å². The topological polar surface area (TPSA) is 84.9 Å². The fourth-order valence-corrected chi connectivity index (χ4v) is 2.59. The summed E-state index contributed by atoms with van der Waals surface area (Å²) in [5, 5.41) is 2.71. The van der Waals surface area contributed by atoms with Gasteiger partial charge in [0.1, 0.15) is 5.75 Å². The van der Waals surface area contributed by atoms with E-state index in [4.69, 9.17) is 9.47 Å². The fraction of sp³-hybridized carbons (Fsp3) is 0.500. The van der Waals surface area contributed by atoms with E-state index in [0.717, 1.165) is 6.26 Å². The number of hydrogen-bond acceptors (Lipinski definition) is 5. The molecule has 0 atom stereocenters. The lowest BCUT2D eigenvalue weighted by molar-refractivity contribution is -0.116. The van der Waals surface area contributed by atoms with Gasteiger partial charge in [-0.2, -0.15) is 4.31 Å². The Morgan fingerprint density at radius 1 is 1.18 bits per heavy atom. The van der Waals surface area contributed by atoms with Crippen LogP contribution in [-0.2, 0) is 19.6 Å². The molecule has 8 heteroatoms. The Morgan fingerprint density at radius 2 is 1.82 bits per heavy atom. The van der Waals surface area contributed by atoms with Crippen LogP contribution in [0, 0.1) is 0 Å². The molecule has 0 bridgehead atoms. The first-order valence-corrected chi connectivity index (χ1v) is 8.59. The summed E-state index contributed by atoms with van der Waals surface area (Å²) >= 11 is 0. The van der Waals surface area contributed by atoms with E-state index in [-0.39, 0.29) is 32.0 Å². The standard InChI is InChI=1S/C14H22N2O5S/c1-20-11-10-16(22(3,18)19)9-8-14(17)15-12-4-6-13(21-2)7-5-12/h4-7H,8-11H2,1-3H3,(H,15,17). The first-order valence-electron chi connectivity index (χ1n) is 6.74. The smallest absolute Gasteiger partial charge is 0.225 e. The van der Waals surface area contributed by atoms with Gasteiger partial charge in [-0.25, -0.2) is 8.42 Å². The van der Waals surface area contributed by atoms with E-state index in [9.17, 15) is 13.2 Å². The highest BCUT2D eigenvalue weighted by atomic mass is 32.2. The minimum atomic E-state index is -3.36. The van der Waals surface area contributed by atoms with Crippen LogP contribution in [0.1, 0.15) is 6.42 Å². The number of nitrogens with zero attached hydrogens (tertiary/aromatic N) is 1. The molecule has 1 rings (SSSR count). The normalized spacial score (nSPS) is 11.5. The summed E-state index contributed by atoms with van der Waals surface area (Å²) in [5.74, 6) is 0.442. The highest BCUT2D eigenvalue weighted by Gasteiger charge is 2.17. The number of nitrogens with one attached hydrogen (secondary N) is 1. The summed E-state index contributed by atoms with van der Waals surface area (Å²) in [6.45, 7) is 0.627. The van der Waals surface area contributed by atoms with Gasteiger partial charge in [0.25, 0.3) is 0 Å². The van der Waals surface area contributed by atoms with Gasteiger partial charge in [-0.15, -0.1) is 0 Å². The van der Waals surface area contributed by atoms with Gasteiger partial charge < -0.3 is 14.8 Å². The minimum Gasteiger partial charge on any atom is -0.497 e. The summed E-state index contributed by atoms with van der Waals surface area (Å²) in [5.41, 5.74) is 0.633. The maximum absolute atomic E-state index is 11.9. The Hall–Kier alpha value is -1.64. The summed E-state index contributed by atoms with van der Waals surface area (Å²) in [6.07, 6.45) is 1.19. The number of anilines is 1. The van der Waals surface area contributed by atoms with E-state index >= 15 is 0 Å². The van der Waals surface area contributed by atoms with Gasteiger partial charge in [0.05, 0.1) is 20.0 Å². The lowest BCUT2D eigenvalue weighted by Gasteiger charge is -2.19. The lowest BCUT2D eigenvalue weighted by Crippen LogP contribution is -2.35. The molecule has 0 aromatic heterocycles. The highest BCUT2D eigenvalue weighted by molar-refractivity contribution is 7.88. The summed E-state index contributed by atoms with van der Waals surface area (Å²) in [6, 6.07) is 6.90. The van der Waals surface area contributed by atoms with Gasteiger partial charge in [0.15, 0.2) is 0 Å². The molecule has 0 spiro atoms. The zero-order valence-electron chi connectivity index (χ0n) is 13.0. The van der Waals surface area contributed by atoms with Gasteiger partial charge in [-0.05, 0) is 24.3 Å². The summed E-state index contributed by atoms with van der Waals surface area (Å²) in [7, 11) is -0.298. The van der Waals surface area contributed by atoms with Gasteiger partial charge in [0, 0.05) is 32.3 Å². The molecule has 0 fully saturated rings. The maximum atomic E-state index is 11.9. The summed E-state index contributed by atoms with van der Waals surface area (Å²) in [4.78, 5) is 11.9. The Labute approximate surface area is 131 Å². The van der Waals surface area contributed by atoms with Crippen molar-refractivity contribution in [2.45, 2.75) is 6.42 Å². The van der Waals surface area contributed by atoms with Crippen LogP contribution in [0.5, 0.6) is 5.75 Å². The molecule has 1 amide bonds. The lowest BCUT2D eigenvalue weighted by atomic mass is 10.3. The van der Waals surface area contributed by atoms with Crippen LogP contribution in [0.15, 0.2) is 24.3 Å². The predicted molar refractivity (Wildman–Crippen MR) is 84.5 cm³/mol. The van der Waals surface area contributed by atoms with Crippen LogP contribution < -0.4 is 10.1 Å². The van der Waals surface area contributed by atoms with Crippen LogP contribution in [0.4, 0.5) is 5.69 Å². The highest BCUT2D eigenvalue weighted by Crippen LogP contribution is 2.15. The van der Waals surface area contributed by atoms with Crippen molar-refractivity contribution in [2.75, 3.05) is 45.5 Å². The Bertz CT molecular complexity index is 571. The number of rotatable bonds is 9. The fourth-order valence-electron chi connectivity index (χ4n) is 1.76. The van der Waals surface area contributed by atoms with E-state index in [0.29, 0.717) is 11.4 Å². The van der Waals surface area contributed by atoms with Gasteiger partial charge in [-0.3, -0.25) is 4.79 Å². The largest absolute Gasteiger partial charge is 0.497 e. The number of methoxy groups -OCH3 is 2. The molecule has 1 aromatic carbocycles. The maximum Gasteiger partial charge on any atom is 0.225 e. The average molecular weight is 330 g/mol. The molecule has 0 aliphatic carbocycles. The van der Waals surface area contributed by atoms with Crippen molar-refractivity contribution in [2.24, 2.45) is 0 Å². The van der Waals surface area contributed by atoms with Crippen molar-refractivity contribution < 1.29 is 22.7 Å². The summed E-state index contributed by atoms with van der Waals surface area (Å²) < 4.78 is 34.3. The van der Waals surface area contributed by atoms with Crippen molar-refractivity contribution in [3.8, 4) is 5.75 Å². The van der Waals surface area contributed by atoms with Crippen LogP contribution >= 0.6 is 0 Å². The van der Waals surface area contributed by atoms with Crippen molar-refractivity contribution >= 4 is 21.6 Å². The van der Waals surface area contributed by atoms with E-state index in [1.165, 1.54) is 11.4 Å². The van der Waals surface area contributed by atoms with Crippen LogP contribution in [-0.4, -0.2) is 58.8 Å². The quantitative estimate of drug-likeness (QED) is 0.728. The number of ether oxygens (including phenoxy) is 2. The van der Waals surface area contributed by atoms with E-state index in [1.807, 2.05) is 0 Å². The first-order chi connectivity index (χ1) is 10.4. The third-order valence-corrected chi connectivity index (χ3v) is 4.28. The minimum absolute atomic E-state index is 0.0722. The van der Waals surface area contributed by atoms with Crippen molar-refractivity contribution in [3.63, 3.8) is 0 Å². The number of amides is 1. The zero-order chi connectivity index (χ0) is 16.6. The molecular formula is C14H22N2O5S. The molecule has 0 radical (unpaired) electrons. The molecule has 7 nitrogen and oxygen atoms in total. The predicted octanol–water partition coefficient (Wildman–Crippen LogP) is 0.932. The molecule has 0 heterocycles. The average Bonchev–Trinajstić information content (AvgIpc) is 2.46. The molecule has 0 aliphatic heterocycles.